The van der Waals surface area contributed by atoms with Crippen LogP contribution in [0.25, 0.3) is 0 Å². The highest BCUT2D eigenvalue weighted by atomic mass is 16.1. The van der Waals surface area contributed by atoms with Gasteiger partial charge in [-0.05, 0) is 0 Å². The van der Waals surface area contributed by atoms with Gasteiger partial charge < -0.3 is 4.57 Å². The summed E-state index contributed by atoms with van der Waals surface area (Å²) in [4.78, 5) is 16.5. The van der Waals surface area contributed by atoms with Crippen LogP contribution in [-0.4, -0.2) is 9.55 Å². The van der Waals surface area contributed by atoms with Crippen LogP contribution in [-0.2, 0) is 17.9 Å². The lowest BCUT2D eigenvalue weighted by molar-refractivity contribution is 0.508. The Morgan fingerprint density at radius 3 is 1.94 bits per heavy atom. The van der Waals surface area contributed by atoms with Crippen molar-refractivity contribution in [3.05, 3.63) is 27.9 Å². The second-order valence-electron chi connectivity index (χ2n) is 6.39. The van der Waals surface area contributed by atoms with E-state index in [1.807, 2.05) is 27.0 Å². The highest BCUT2D eigenvalue weighted by Crippen LogP contribution is 2.22. The van der Waals surface area contributed by atoms with Crippen molar-refractivity contribution in [2.45, 2.75) is 52.4 Å². The van der Waals surface area contributed by atoms with Gasteiger partial charge in [0.1, 0.15) is 5.69 Å². The largest absolute Gasteiger partial charge is 0.315 e. The van der Waals surface area contributed by atoms with Crippen molar-refractivity contribution < 1.29 is 0 Å². The highest BCUT2D eigenvalue weighted by Gasteiger charge is 2.24. The third-order valence-corrected chi connectivity index (χ3v) is 2.55. The third kappa shape index (κ3) is 2.52. The first kappa shape index (κ1) is 12.9. The topological polar surface area (TPSA) is 34.9 Å². The molecule has 0 spiro atoms. The van der Waals surface area contributed by atoms with E-state index >= 15 is 0 Å². The van der Waals surface area contributed by atoms with Crippen molar-refractivity contribution >= 4 is 0 Å². The first-order chi connectivity index (χ1) is 7.03. The molecule has 90 valence electrons. The number of rotatable bonds is 0. The fourth-order valence-corrected chi connectivity index (χ4v) is 1.46. The molecule has 1 aromatic rings. The van der Waals surface area contributed by atoms with Crippen LogP contribution in [0.4, 0.5) is 0 Å². The Kier molecular flexibility index (Phi) is 3.01. The molecule has 0 bridgehead atoms. The third-order valence-electron chi connectivity index (χ3n) is 2.55. The van der Waals surface area contributed by atoms with Crippen LogP contribution in [0.15, 0.2) is 11.0 Å². The summed E-state index contributed by atoms with van der Waals surface area (Å²) >= 11 is 0. The maximum Gasteiger partial charge on any atom is 0.272 e. The molecule has 0 amide bonds. The molecule has 0 aliphatic heterocycles. The van der Waals surface area contributed by atoms with E-state index in [1.54, 1.807) is 11.6 Å². The average molecular weight is 222 g/mol. The molecule has 0 radical (unpaired) electrons. The van der Waals surface area contributed by atoms with Gasteiger partial charge in [-0.1, -0.05) is 41.5 Å². The zero-order chi connectivity index (χ0) is 12.7. The van der Waals surface area contributed by atoms with Crippen molar-refractivity contribution in [3.63, 3.8) is 0 Å². The minimum atomic E-state index is -0.212. The molecule has 0 saturated heterocycles. The van der Waals surface area contributed by atoms with Crippen molar-refractivity contribution in [2.75, 3.05) is 0 Å². The van der Waals surface area contributed by atoms with E-state index in [9.17, 15) is 4.79 Å². The summed E-state index contributed by atoms with van der Waals surface area (Å²) < 4.78 is 1.63. The van der Waals surface area contributed by atoms with Crippen molar-refractivity contribution in [1.82, 2.24) is 9.55 Å². The summed E-state index contributed by atoms with van der Waals surface area (Å²) in [7, 11) is 1.79. The van der Waals surface area contributed by atoms with Gasteiger partial charge in [0.25, 0.3) is 5.56 Å². The molecule has 0 atom stereocenters. The number of aryl methyl sites for hydroxylation is 1. The normalized spacial score (nSPS) is 12.9. The minimum Gasteiger partial charge on any atom is -0.315 e. The standard InChI is InChI=1S/C13H22N2O/c1-12(2,3)9-8-15(7)11(16)10(14-9)13(4,5)6/h8H,1-7H3. The van der Waals surface area contributed by atoms with Crippen LogP contribution in [0.1, 0.15) is 52.9 Å². The minimum absolute atomic E-state index is 0.000463. The smallest absolute Gasteiger partial charge is 0.272 e. The second-order valence-corrected chi connectivity index (χ2v) is 6.39. The van der Waals surface area contributed by atoms with E-state index in [4.69, 9.17) is 0 Å². The lowest BCUT2D eigenvalue weighted by atomic mass is 9.89. The Balaban J connectivity index is 3.53. The van der Waals surface area contributed by atoms with Crippen LogP contribution < -0.4 is 5.56 Å². The van der Waals surface area contributed by atoms with Crippen LogP contribution in [0.2, 0.25) is 0 Å². The molecule has 0 aliphatic carbocycles. The molecule has 0 fully saturated rings. The van der Waals surface area contributed by atoms with E-state index in [0.717, 1.165) is 5.69 Å². The predicted octanol–water partition coefficient (Wildman–Crippen LogP) is 2.38. The molecule has 1 aromatic heterocycles. The SMILES string of the molecule is Cn1cc(C(C)(C)C)nc(C(C)(C)C)c1=O. The molecule has 0 aliphatic rings. The molecule has 3 heteroatoms. The Hall–Kier alpha value is -1.12. The molecule has 0 unspecified atom stereocenters. The van der Waals surface area contributed by atoms with Crippen LogP contribution >= 0.6 is 0 Å². The lowest BCUT2D eigenvalue weighted by Crippen LogP contribution is -2.33. The Labute approximate surface area is 97.5 Å². The molecule has 0 N–H and O–H groups in total. The number of nitrogens with zero attached hydrogens (tertiary/aromatic N) is 2. The molecular formula is C13H22N2O. The van der Waals surface area contributed by atoms with Gasteiger partial charge in [0.05, 0.1) is 5.69 Å². The summed E-state index contributed by atoms with van der Waals surface area (Å²) in [5.74, 6) is 0. The average Bonchev–Trinajstić information content (AvgIpc) is 2.05. The fourth-order valence-electron chi connectivity index (χ4n) is 1.46. The molecule has 0 saturated carbocycles. The van der Waals surface area contributed by atoms with E-state index in [1.165, 1.54) is 0 Å². The molecule has 3 nitrogen and oxygen atoms in total. The molecule has 1 rings (SSSR count). The van der Waals surface area contributed by atoms with Gasteiger partial charge in [-0.25, -0.2) is 4.98 Å². The van der Waals surface area contributed by atoms with Gasteiger partial charge in [0.15, 0.2) is 0 Å². The first-order valence-corrected chi connectivity index (χ1v) is 5.62. The Morgan fingerprint density at radius 1 is 1.06 bits per heavy atom. The van der Waals surface area contributed by atoms with Crippen LogP contribution in [0.3, 0.4) is 0 Å². The fraction of sp³-hybridized carbons (Fsp3) is 0.692. The monoisotopic (exact) mass is 222 g/mol. The number of hydrogen-bond donors (Lipinski definition) is 0. The van der Waals surface area contributed by atoms with Crippen molar-refractivity contribution in [1.29, 1.82) is 0 Å². The molecule has 0 aromatic carbocycles. The Morgan fingerprint density at radius 2 is 1.56 bits per heavy atom. The van der Waals surface area contributed by atoms with E-state index < -0.39 is 0 Å². The van der Waals surface area contributed by atoms with Gasteiger partial charge in [-0.3, -0.25) is 4.79 Å². The lowest BCUT2D eigenvalue weighted by Gasteiger charge is -2.23. The summed E-state index contributed by atoms with van der Waals surface area (Å²) in [6, 6.07) is 0. The Bertz CT molecular complexity index is 444. The summed E-state index contributed by atoms with van der Waals surface area (Å²) in [6.07, 6.45) is 1.83. The molecular weight excluding hydrogens is 200 g/mol. The quantitative estimate of drug-likeness (QED) is 0.675. The number of hydrogen-bond acceptors (Lipinski definition) is 2. The second kappa shape index (κ2) is 3.72. The first-order valence-electron chi connectivity index (χ1n) is 5.62. The number of aromatic nitrogens is 2. The zero-order valence-corrected chi connectivity index (χ0v) is 11.4. The summed E-state index contributed by atoms with van der Waals surface area (Å²) in [5, 5.41) is 0. The molecule has 16 heavy (non-hydrogen) atoms. The van der Waals surface area contributed by atoms with Crippen molar-refractivity contribution in [2.24, 2.45) is 7.05 Å². The van der Waals surface area contributed by atoms with Gasteiger partial charge in [0.2, 0.25) is 0 Å². The highest BCUT2D eigenvalue weighted by molar-refractivity contribution is 5.17. The predicted molar refractivity (Wildman–Crippen MR) is 66.9 cm³/mol. The van der Waals surface area contributed by atoms with E-state index in [-0.39, 0.29) is 16.4 Å². The van der Waals surface area contributed by atoms with E-state index in [0.29, 0.717) is 5.69 Å². The molecule has 1 heterocycles. The van der Waals surface area contributed by atoms with E-state index in [2.05, 4.69) is 25.8 Å². The van der Waals surface area contributed by atoms with Crippen LogP contribution in [0.5, 0.6) is 0 Å². The zero-order valence-electron chi connectivity index (χ0n) is 11.4. The maximum atomic E-state index is 12.0. The van der Waals surface area contributed by atoms with Gasteiger partial charge >= 0.3 is 0 Å². The van der Waals surface area contributed by atoms with Crippen LogP contribution in [0, 0.1) is 0 Å². The maximum absolute atomic E-state index is 12.0. The summed E-state index contributed by atoms with van der Waals surface area (Å²) in [6.45, 7) is 12.4. The van der Waals surface area contributed by atoms with Crippen molar-refractivity contribution in [3.8, 4) is 0 Å². The van der Waals surface area contributed by atoms with Gasteiger partial charge in [0, 0.05) is 24.1 Å². The van der Waals surface area contributed by atoms with Gasteiger partial charge in [-0.15, -0.1) is 0 Å². The van der Waals surface area contributed by atoms with Gasteiger partial charge in [-0.2, -0.15) is 0 Å². The summed E-state index contributed by atoms with van der Waals surface area (Å²) in [5.41, 5.74) is 1.35.